The number of fused-ring (bicyclic) bond motifs is 1. The van der Waals surface area contributed by atoms with Crippen molar-refractivity contribution in [3.05, 3.63) is 36.4 Å². The molecule has 0 atom stereocenters. The summed E-state index contributed by atoms with van der Waals surface area (Å²) in [5.74, 6) is -0.295. The fourth-order valence-electron chi connectivity index (χ4n) is 1.28. The zero-order chi connectivity index (χ0) is 9.97. The van der Waals surface area contributed by atoms with E-state index in [1.807, 2.05) is 4.40 Å². The Labute approximate surface area is 81.1 Å². The summed E-state index contributed by atoms with van der Waals surface area (Å²) in [6, 6.07) is 1.75. The second-order valence-electron chi connectivity index (χ2n) is 2.86. The highest BCUT2D eigenvalue weighted by Crippen LogP contribution is 2.09. The molecule has 2 aromatic rings. The minimum Gasteiger partial charge on any atom is -0.462 e. The van der Waals surface area contributed by atoms with Gasteiger partial charge in [0.05, 0.1) is 23.9 Å². The summed E-state index contributed by atoms with van der Waals surface area (Å²) in [5.41, 5.74) is 1.44. The molecule has 0 aromatic carbocycles. The van der Waals surface area contributed by atoms with E-state index in [9.17, 15) is 4.79 Å². The van der Waals surface area contributed by atoms with Gasteiger partial charge in [-0.3, -0.25) is 4.98 Å². The van der Waals surface area contributed by atoms with Crippen LogP contribution in [0.15, 0.2) is 30.9 Å². The molecular weight excluding hydrogens is 180 g/mol. The molecule has 0 aliphatic heterocycles. The normalized spacial score (nSPS) is 10.4. The quantitative estimate of drug-likeness (QED) is 0.674. The van der Waals surface area contributed by atoms with Gasteiger partial charge in [-0.1, -0.05) is 0 Å². The molecule has 0 aliphatic rings. The molecule has 2 heterocycles. The monoisotopic (exact) mass is 190 g/mol. The fourth-order valence-corrected chi connectivity index (χ4v) is 1.28. The predicted molar refractivity (Wildman–Crippen MR) is 51.1 cm³/mol. The number of esters is 1. The molecule has 0 fully saturated rings. The number of aromatic nitrogens is 2. The molecule has 0 radical (unpaired) electrons. The minimum absolute atomic E-state index is 0.295. The summed E-state index contributed by atoms with van der Waals surface area (Å²) in [6.07, 6.45) is 6.89. The van der Waals surface area contributed by atoms with Crippen LogP contribution in [0.2, 0.25) is 0 Å². The first kappa shape index (κ1) is 8.74. The number of ether oxygens (including phenoxy) is 1. The highest BCUT2D eigenvalue weighted by Gasteiger charge is 2.08. The van der Waals surface area contributed by atoms with Crippen molar-refractivity contribution < 1.29 is 9.53 Å². The van der Waals surface area contributed by atoms with Crippen molar-refractivity contribution >= 4 is 11.5 Å². The lowest BCUT2D eigenvalue weighted by Crippen LogP contribution is -2.02. The standard InChI is InChI=1S/C10H10N2O2/c1-2-14-10(13)8-5-9-6-11-3-4-12(9)7-8/h3-7H,2H2,1H3. The molecule has 72 valence electrons. The smallest absolute Gasteiger partial charge is 0.339 e. The lowest BCUT2D eigenvalue weighted by atomic mass is 10.3. The van der Waals surface area contributed by atoms with Crippen molar-refractivity contribution in [3.8, 4) is 0 Å². The molecule has 0 bridgehead atoms. The van der Waals surface area contributed by atoms with Gasteiger partial charge in [-0.2, -0.15) is 0 Å². The zero-order valence-corrected chi connectivity index (χ0v) is 7.80. The molecule has 2 aromatic heterocycles. The van der Waals surface area contributed by atoms with Gasteiger partial charge in [0.15, 0.2) is 0 Å². The third kappa shape index (κ3) is 1.46. The SMILES string of the molecule is CCOC(=O)c1cc2cnccn2c1. The Kier molecular flexibility index (Phi) is 2.18. The Hall–Kier alpha value is -1.84. The highest BCUT2D eigenvalue weighted by molar-refractivity contribution is 5.91. The van der Waals surface area contributed by atoms with Crippen molar-refractivity contribution in [2.75, 3.05) is 6.61 Å². The molecule has 0 spiro atoms. The lowest BCUT2D eigenvalue weighted by Gasteiger charge is -1.96. The average molecular weight is 190 g/mol. The second-order valence-corrected chi connectivity index (χ2v) is 2.86. The summed E-state index contributed by atoms with van der Waals surface area (Å²) in [6.45, 7) is 2.18. The molecule has 0 unspecified atom stereocenters. The van der Waals surface area contributed by atoms with E-state index in [4.69, 9.17) is 4.74 Å². The first-order valence-electron chi connectivity index (χ1n) is 4.40. The van der Waals surface area contributed by atoms with E-state index in [2.05, 4.69) is 4.98 Å². The Morgan fingerprint density at radius 3 is 3.21 bits per heavy atom. The van der Waals surface area contributed by atoms with Crippen LogP contribution in [-0.2, 0) is 4.74 Å². The average Bonchev–Trinajstić information content (AvgIpc) is 2.61. The van der Waals surface area contributed by atoms with Gasteiger partial charge in [0, 0.05) is 18.6 Å². The first-order valence-corrected chi connectivity index (χ1v) is 4.40. The van der Waals surface area contributed by atoms with Gasteiger partial charge < -0.3 is 9.14 Å². The fraction of sp³-hybridized carbons (Fsp3) is 0.200. The van der Waals surface area contributed by atoms with E-state index >= 15 is 0 Å². The molecule has 0 aliphatic carbocycles. The lowest BCUT2D eigenvalue weighted by molar-refractivity contribution is 0.0526. The minimum atomic E-state index is -0.295. The van der Waals surface area contributed by atoms with Crippen molar-refractivity contribution in [1.82, 2.24) is 9.38 Å². The summed E-state index contributed by atoms with van der Waals surface area (Å²) in [7, 11) is 0. The van der Waals surface area contributed by atoms with Crippen LogP contribution in [-0.4, -0.2) is 22.0 Å². The number of nitrogens with zero attached hydrogens (tertiary/aromatic N) is 2. The summed E-state index contributed by atoms with van der Waals surface area (Å²) >= 11 is 0. The van der Waals surface area contributed by atoms with E-state index in [0.717, 1.165) is 5.52 Å². The van der Waals surface area contributed by atoms with Gasteiger partial charge in [-0.25, -0.2) is 4.79 Å². The topological polar surface area (TPSA) is 43.6 Å². The van der Waals surface area contributed by atoms with Crippen LogP contribution >= 0.6 is 0 Å². The van der Waals surface area contributed by atoms with Crippen molar-refractivity contribution in [1.29, 1.82) is 0 Å². The van der Waals surface area contributed by atoms with Gasteiger partial charge in [-0.05, 0) is 13.0 Å². The first-order chi connectivity index (χ1) is 6.81. The maximum Gasteiger partial charge on any atom is 0.339 e. The van der Waals surface area contributed by atoms with Crippen LogP contribution in [0.3, 0.4) is 0 Å². The van der Waals surface area contributed by atoms with Crippen molar-refractivity contribution in [3.63, 3.8) is 0 Å². The summed E-state index contributed by atoms with van der Waals surface area (Å²) in [5, 5.41) is 0. The molecule has 14 heavy (non-hydrogen) atoms. The van der Waals surface area contributed by atoms with Gasteiger partial charge in [0.2, 0.25) is 0 Å². The van der Waals surface area contributed by atoms with Crippen molar-refractivity contribution in [2.45, 2.75) is 6.92 Å². The zero-order valence-electron chi connectivity index (χ0n) is 7.80. The van der Waals surface area contributed by atoms with Gasteiger partial charge in [0.25, 0.3) is 0 Å². The maximum absolute atomic E-state index is 11.4. The van der Waals surface area contributed by atoms with Crippen LogP contribution < -0.4 is 0 Å². The second kappa shape index (κ2) is 3.49. The van der Waals surface area contributed by atoms with Crippen molar-refractivity contribution in [2.24, 2.45) is 0 Å². The maximum atomic E-state index is 11.4. The van der Waals surface area contributed by atoms with E-state index < -0.39 is 0 Å². The number of hydrogen-bond acceptors (Lipinski definition) is 3. The molecule has 4 heteroatoms. The van der Waals surface area contributed by atoms with E-state index in [-0.39, 0.29) is 5.97 Å². The summed E-state index contributed by atoms with van der Waals surface area (Å²) < 4.78 is 6.72. The number of carbonyl (C=O) groups excluding carboxylic acids is 1. The van der Waals surface area contributed by atoms with Crippen LogP contribution in [0.25, 0.3) is 5.52 Å². The molecule has 0 N–H and O–H groups in total. The largest absolute Gasteiger partial charge is 0.462 e. The Bertz CT molecular complexity index is 429. The summed E-state index contributed by atoms with van der Waals surface area (Å²) in [4.78, 5) is 15.3. The van der Waals surface area contributed by atoms with Crippen LogP contribution in [0, 0.1) is 0 Å². The number of carbonyl (C=O) groups is 1. The molecule has 4 nitrogen and oxygen atoms in total. The highest BCUT2D eigenvalue weighted by atomic mass is 16.5. The Morgan fingerprint density at radius 2 is 2.50 bits per heavy atom. The van der Waals surface area contributed by atoms with Gasteiger partial charge in [-0.15, -0.1) is 0 Å². The van der Waals surface area contributed by atoms with Crippen LogP contribution in [0.1, 0.15) is 17.3 Å². The molecular formula is C10H10N2O2. The van der Waals surface area contributed by atoms with E-state index in [1.54, 1.807) is 37.8 Å². The predicted octanol–water partition coefficient (Wildman–Crippen LogP) is 1.51. The number of hydrogen-bond donors (Lipinski definition) is 0. The third-order valence-electron chi connectivity index (χ3n) is 1.91. The van der Waals surface area contributed by atoms with Gasteiger partial charge in [0.1, 0.15) is 0 Å². The van der Waals surface area contributed by atoms with Crippen LogP contribution in [0.4, 0.5) is 0 Å². The third-order valence-corrected chi connectivity index (χ3v) is 1.91. The molecule has 0 saturated carbocycles. The van der Waals surface area contributed by atoms with Crippen LogP contribution in [0.5, 0.6) is 0 Å². The molecule has 2 rings (SSSR count). The molecule has 0 saturated heterocycles. The van der Waals surface area contributed by atoms with E-state index in [1.165, 1.54) is 0 Å². The Balaban J connectivity index is 2.40. The Morgan fingerprint density at radius 1 is 1.64 bits per heavy atom. The number of rotatable bonds is 2. The van der Waals surface area contributed by atoms with E-state index in [0.29, 0.717) is 12.2 Å². The molecule has 0 amide bonds. The van der Waals surface area contributed by atoms with Gasteiger partial charge >= 0.3 is 5.97 Å².